The van der Waals surface area contributed by atoms with Crippen molar-refractivity contribution in [3.8, 4) is 0 Å². The highest BCUT2D eigenvalue weighted by atomic mass is 35.5. The molecule has 0 saturated carbocycles. The Kier molecular flexibility index (Phi) is 5.70. The highest BCUT2D eigenvalue weighted by molar-refractivity contribution is 6.30. The van der Waals surface area contributed by atoms with Gasteiger partial charge in [-0.3, -0.25) is 0 Å². The monoisotopic (exact) mass is 296 g/mol. The highest BCUT2D eigenvalue weighted by Gasteiger charge is 2.24. The van der Waals surface area contributed by atoms with Crippen LogP contribution in [-0.2, 0) is 11.2 Å². The van der Waals surface area contributed by atoms with Gasteiger partial charge in [-0.25, -0.2) is 0 Å². The number of rotatable bonds is 5. The van der Waals surface area contributed by atoms with Gasteiger partial charge >= 0.3 is 0 Å². The molecule has 1 aliphatic heterocycles. The summed E-state index contributed by atoms with van der Waals surface area (Å²) in [5.41, 5.74) is 8.66. The van der Waals surface area contributed by atoms with Gasteiger partial charge in [-0.2, -0.15) is 0 Å². The second-order valence-corrected chi connectivity index (χ2v) is 5.91. The predicted molar refractivity (Wildman–Crippen MR) is 85.7 cm³/mol. The van der Waals surface area contributed by atoms with Crippen molar-refractivity contribution in [3.05, 3.63) is 28.8 Å². The Morgan fingerprint density at radius 1 is 1.45 bits per heavy atom. The van der Waals surface area contributed by atoms with Gasteiger partial charge in [0.25, 0.3) is 0 Å². The quantitative estimate of drug-likeness (QED) is 0.906. The van der Waals surface area contributed by atoms with Crippen LogP contribution in [0.5, 0.6) is 0 Å². The number of ether oxygens (including phenoxy) is 1. The van der Waals surface area contributed by atoms with Crippen LogP contribution in [0.25, 0.3) is 0 Å². The van der Waals surface area contributed by atoms with Crippen molar-refractivity contribution in [1.82, 2.24) is 0 Å². The summed E-state index contributed by atoms with van der Waals surface area (Å²) < 4.78 is 5.60. The molecule has 1 saturated heterocycles. The van der Waals surface area contributed by atoms with Gasteiger partial charge < -0.3 is 15.4 Å². The number of hydrogen-bond acceptors (Lipinski definition) is 3. The van der Waals surface area contributed by atoms with E-state index in [0.717, 1.165) is 44.0 Å². The molecule has 20 heavy (non-hydrogen) atoms. The van der Waals surface area contributed by atoms with Crippen molar-refractivity contribution < 1.29 is 4.74 Å². The van der Waals surface area contributed by atoms with Gasteiger partial charge in [0.15, 0.2) is 0 Å². The number of nitrogens with zero attached hydrogens (tertiary/aromatic N) is 1. The van der Waals surface area contributed by atoms with E-state index in [1.54, 1.807) is 0 Å². The predicted octanol–water partition coefficient (Wildman–Crippen LogP) is 3.24. The standard InChI is InChI=1S/C16H25ClN2O/c1-3-14(18)9-12-5-6-13(17)10-16(12)19-7-8-20-11-15(19)4-2/h5-6,10,14-15H,3-4,7-9,11,18H2,1-2H3. The van der Waals surface area contributed by atoms with Crippen molar-refractivity contribution in [2.75, 3.05) is 24.7 Å². The van der Waals surface area contributed by atoms with E-state index in [1.807, 2.05) is 6.07 Å². The average molecular weight is 297 g/mol. The molecule has 2 atom stereocenters. The minimum atomic E-state index is 0.205. The van der Waals surface area contributed by atoms with Crippen LogP contribution in [0.4, 0.5) is 5.69 Å². The van der Waals surface area contributed by atoms with Crippen LogP contribution in [0, 0.1) is 0 Å². The van der Waals surface area contributed by atoms with E-state index in [0.29, 0.717) is 6.04 Å². The molecule has 0 aliphatic carbocycles. The number of halogens is 1. The lowest BCUT2D eigenvalue weighted by Crippen LogP contribution is -2.45. The van der Waals surface area contributed by atoms with E-state index >= 15 is 0 Å². The summed E-state index contributed by atoms with van der Waals surface area (Å²) in [6.45, 7) is 6.83. The molecule has 1 aromatic rings. The number of morpholine rings is 1. The van der Waals surface area contributed by atoms with Gasteiger partial charge in [0.1, 0.15) is 0 Å². The maximum atomic E-state index is 6.21. The Balaban J connectivity index is 2.29. The molecule has 0 amide bonds. The third-order valence-corrected chi connectivity index (χ3v) is 4.30. The minimum absolute atomic E-state index is 0.205. The van der Waals surface area contributed by atoms with E-state index < -0.39 is 0 Å². The largest absolute Gasteiger partial charge is 0.377 e. The van der Waals surface area contributed by atoms with E-state index in [1.165, 1.54) is 11.3 Å². The number of nitrogens with two attached hydrogens (primary N) is 1. The molecule has 2 unspecified atom stereocenters. The first-order valence-electron chi connectivity index (χ1n) is 7.54. The Bertz CT molecular complexity index is 438. The third-order valence-electron chi connectivity index (χ3n) is 4.06. The number of benzene rings is 1. The van der Waals surface area contributed by atoms with Crippen LogP contribution in [0.1, 0.15) is 32.3 Å². The fourth-order valence-electron chi connectivity index (χ4n) is 2.71. The van der Waals surface area contributed by atoms with Crippen molar-refractivity contribution in [1.29, 1.82) is 0 Å². The van der Waals surface area contributed by atoms with Gasteiger partial charge in [-0.05, 0) is 37.0 Å². The fourth-order valence-corrected chi connectivity index (χ4v) is 2.88. The van der Waals surface area contributed by atoms with Crippen LogP contribution in [-0.4, -0.2) is 31.8 Å². The first kappa shape index (κ1) is 15.6. The lowest BCUT2D eigenvalue weighted by Gasteiger charge is -2.38. The van der Waals surface area contributed by atoms with Crippen LogP contribution in [0.3, 0.4) is 0 Å². The molecular weight excluding hydrogens is 272 g/mol. The lowest BCUT2D eigenvalue weighted by atomic mass is 10.0. The maximum absolute atomic E-state index is 6.21. The van der Waals surface area contributed by atoms with Gasteiger partial charge in [0.2, 0.25) is 0 Å². The summed E-state index contributed by atoms with van der Waals surface area (Å²) in [5, 5.41) is 0.787. The minimum Gasteiger partial charge on any atom is -0.377 e. The smallest absolute Gasteiger partial charge is 0.0670 e. The van der Waals surface area contributed by atoms with Crippen LogP contribution in [0.2, 0.25) is 5.02 Å². The highest BCUT2D eigenvalue weighted by Crippen LogP contribution is 2.29. The summed E-state index contributed by atoms with van der Waals surface area (Å²) in [6.07, 6.45) is 2.96. The number of hydrogen-bond donors (Lipinski definition) is 1. The molecule has 1 aliphatic rings. The summed E-state index contributed by atoms with van der Waals surface area (Å²) in [6, 6.07) is 6.79. The summed E-state index contributed by atoms with van der Waals surface area (Å²) in [7, 11) is 0. The Hall–Kier alpha value is -0.770. The summed E-state index contributed by atoms with van der Waals surface area (Å²) >= 11 is 6.21. The van der Waals surface area contributed by atoms with Crippen LogP contribution < -0.4 is 10.6 Å². The molecule has 2 rings (SSSR count). The fraction of sp³-hybridized carbons (Fsp3) is 0.625. The molecule has 2 N–H and O–H groups in total. The van der Waals surface area contributed by atoms with Crippen LogP contribution >= 0.6 is 11.6 Å². The van der Waals surface area contributed by atoms with Gasteiger partial charge in [0, 0.05) is 23.3 Å². The van der Waals surface area contributed by atoms with E-state index in [4.69, 9.17) is 22.1 Å². The normalized spacial score (nSPS) is 21.0. The second-order valence-electron chi connectivity index (χ2n) is 5.48. The molecule has 0 spiro atoms. The van der Waals surface area contributed by atoms with Crippen LogP contribution in [0.15, 0.2) is 18.2 Å². The maximum Gasteiger partial charge on any atom is 0.0670 e. The molecule has 1 aromatic carbocycles. The average Bonchev–Trinajstić information content (AvgIpc) is 2.48. The van der Waals surface area contributed by atoms with Crippen molar-refractivity contribution in [2.45, 2.75) is 45.2 Å². The van der Waals surface area contributed by atoms with E-state index in [-0.39, 0.29) is 6.04 Å². The second kappa shape index (κ2) is 7.30. The first-order chi connectivity index (χ1) is 9.65. The Labute approximate surface area is 127 Å². The zero-order valence-corrected chi connectivity index (χ0v) is 13.2. The Morgan fingerprint density at radius 2 is 2.25 bits per heavy atom. The molecule has 0 bridgehead atoms. The van der Waals surface area contributed by atoms with Gasteiger partial charge in [0.05, 0.1) is 19.3 Å². The van der Waals surface area contributed by atoms with Crippen molar-refractivity contribution >= 4 is 17.3 Å². The van der Waals surface area contributed by atoms with Gasteiger partial charge in [-0.15, -0.1) is 0 Å². The van der Waals surface area contributed by atoms with Gasteiger partial charge in [-0.1, -0.05) is 31.5 Å². The van der Waals surface area contributed by atoms with E-state index in [2.05, 4.69) is 30.9 Å². The van der Waals surface area contributed by atoms with Crippen molar-refractivity contribution in [3.63, 3.8) is 0 Å². The Morgan fingerprint density at radius 3 is 2.95 bits per heavy atom. The zero-order chi connectivity index (χ0) is 14.5. The first-order valence-corrected chi connectivity index (χ1v) is 7.91. The number of anilines is 1. The van der Waals surface area contributed by atoms with Crippen molar-refractivity contribution in [2.24, 2.45) is 5.73 Å². The topological polar surface area (TPSA) is 38.5 Å². The SMILES string of the molecule is CCC(N)Cc1ccc(Cl)cc1N1CCOCC1CC. The zero-order valence-electron chi connectivity index (χ0n) is 12.4. The molecule has 4 heteroatoms. The molecule has 3 nitrogen and oxygen atoms in total. The molecular formula is C16H25ClN2O. The summed E-state index contributed by atoms with van der Waals surface area (Å²) in [5.74, 6) is 0. The molecule has 0 radical (unpaired) electrons. The lowest BCUT2D eigenvalue weighted by molar-refractivity contribution is 0.0929. The molecule has 1 fully saturated rings. The molecule has 112 valence electrons. The molecule has 0 aromatic heterocycles. The molecule has 1 heterocycles. The summed E-state index contributed by atoms with van der Waals surface area (Å²) in [4.78, 5) is 2.44. The van der Waals surface area contributed by atoms with E-state index in [9.17, 15) is 0 Å². The third kappa shape index (κ3) is 3.66.